The molecule has 0 spiro atoms. The minimum Gasteiger partial charge on any atom is -0.480 e. The van der Waals surface area contributed by atoms with Crippen LogP contribution in [0.25, 0.3) is 0 Å². The van der Waals surface area contributed by atoms with Crippen molar-refractivity contribution in [2.45, 2.75) is 44.7 Å². The number of hydrogen-bond donors (Lipinski definition) is 1. The van der Waals surface area contributed by atoms with Crippen molar-refractivity contribution in [1.29, 1.82) is 0 Å². The number of para-hydroxylation sites is 1. The van der Waals surface area contributed by atoms with Crippen LogP contribution in [0.1, 0.15) is 27.7 Å². The minimum atomic E-state index is 0. The summed E-state index contributed by atoms with van der Waals surface area (Å²) in [4.78, 5) is 14.8. The number of hydrogen-bond acceptors (Lipinski definition) is 7. The van der Waals surface area contributed by atoms with Crippen LogP contribution in [-0.2, 0) is 0 Å². The van der Waals surface area contributed by atoms with Crippen molar-refractivity contribution in [1.82, 2.24) is 14.9 Å². The molecule has 0 aliphatic heterocycles. The maximum Gasteiger partial charge on any atom is 0.234 e. The Balaban J connectivity index is 0.00000420. The molecule has 6 nitrogen and oxygen atoms in total. The standard InChI is InChI=1S/C21H33N5OS.2BrH/c1-15(2)26(16(3)4)14-13-22-19-18(28-7)20(27-6)24-21(23-19)25(5)17-11-9-8-10-12-17;;/h8-12,15-16H,13-14H2,1-7H3,(H,22,23,24);2*1H. The Morgan fingerprint density at radius 1 is 1.03 bits per heavy atom. The Bertz CT molecular complexity index is 742. The molecule has 1 aromatic heterocycles. The van der Waals surface area contributed by atoms with Crippen LogP contribution in [0.2, 0.25) is 0 Å². The highest BCUT2D eigenvalue weighted by molar-refractivity contribution is 8.93. The molecule has 2 rings (SSSR count). The number of halogens is 2. The van der Waals surface area contributed by atoms with E-state index in [0.29, 0.717) is 23.9 Å². The van der Waals surface area contributed by atoms with E-state index in [1.54, 1.807) is 18.9 Å². The van der Waals surface area contributed by atoms with Gasteiger partial charge < -0.3 is 15.0 Å². The van der Waals surface area contributed by atoms with Gasteiger partial charge in [0.15, 0.2) is 0 Å². The second-order valence-corrected chi connectivity index (χ2v) is 7.98. The number of methoxy groups -OCH3 is 1. The van der Waals surface area contributed by atoms with Crippen LogP contribution in [0.5, 0.6) is 5.88 Å². The zero-order valence-electron chi connectivity index (χ0n) is 18.9. The molecule has 1 heterocycles. The number of aromatic nitrogens is 2. The van der Waals surface area contributed by atoms with E-state index in [4.69, 9.17) is 9.72 Å². The molecule has 1 N–H and O–H groups in total. The van der Waals surface area contributed by atoms with Gasteiger partial charge in [-0.25, -0.2) is 0 Å². The molecule has 0 saturated carbocycles. The molecule has 170 valence electrons. The highest BCUT2D eigenvalue weighted by atomic mass is 79.9. The van der Waals surface area contributed by atoms with Gasteiger partial charge in [-0.15, -0.1) is 45.7 Å². The first-order valence-corrected chi connectivity index (χ1v) is 10.9. The maximum atomic E-state index is 5.56. The summed E-state index contributed by atoms with van der Waals surface area (Å²) in [5.74, 6) is 2.00. The molecule has 2 aromatic rings. The number of rotatable bonds is 10. The number of nitrogens with one attached hydrogen (secondary N) is 1. The molecule has 0 saturated heterocycles. The van der Waals surface area contributed by atoms with Crippen LogP contribution >= 0.6 is 45.7 Å². The zero-order valence-corrected chi connectivity index (χ0v) is 23.1. The van der Waals surface area contributed by atoms with E-state index in [1.807, 2.05) is 48.5 Å². The van der Waals surface area contributed by atoms with Gasteiger partial charge in [0.25, 0.3) is 0 Å². The second-order valence-electron chi connectivity index (χ2n) is 7.16. The monoisotopic (exact) mass is 563 g/mol. The fourth-order valence-corrected chi connectivity index (χ4v) is 3.81. The normalized spacial score (nSPS) is 10.6. The molecule has 0 bridgehead atoms. The smallest absolute Gasteiger partial charge is 0.234 e. The molecule has 30 heavy (non-hydrogen) atoms. The van der Waals surface area contributed by atoms with Crippen molar-refractivity contribution in [2.75, 3.05) is 43.7 Å². The number of anilines is 3. The van der Waals surface area contributed by atoms with E-state index in [0.717, 1.165) is 29.5 Å². The van der Waals surface area contributed by atoms with Gasteiger partial charge in [0.2, 0.25) is 11.8 Å². The quantitative estimate of drug-likeness (QED) is 0.373. The lowest BCUT2D eigenvalue weighted by atomic mass is 10.2. The maximum absolute atomic E-state index is 5.56. The molecule has 0 unspecified atom stereocenters. The molecule has 0 amide bonds. The number of benzene rings is 1. The number of nitrogens with zero attached hydrogens (tertiary/aromatic N) is 4. The third-order valence-electron chi connectivity index (χ3n) is 4.65. The fraction of sp³-hybridized carbons (Fsp3) is 0.524. The van der Waals surface area contributed by atoms with Crippen molar-refractivity contribution in [2.24, 2.45) is 0 Å². The second kappa shape index (κ2) is 14.1. The summed E-state index contributed by atoms with van der Waals surface area (Å²) in [7, 11) is 3.61. The van der Waals surface area contributed by atoms with Crippen LogP contribution < -0.4 is 15.0 Å². The lowest BCUT2D eigenvalue weighted by Crippen LogP contribution is -2.40. The summed E-state index contributed by atoms with van der Waals surface area (Å²) in [6.07, 6.45) is 2.02. The van der Waals surface area contributed by atoms with Crippen molar-refractivity contribution >= 4 is 63.2 Å². The van der Waals surface area contributed by atoms with E-state index in [1.165, 1.54) is 0 Å². The van der Waals surface area contributed by atoms with Gasteiger partial charge >= 0.3 is 0 Å². The average Bonchev–Trinajstić information content (AvgIpc) is 2.69. The Morgan fingerprint density at radius 3 is 2.13 bits per heavy atom. The van der Waals surface area contributed by atoms with Crippen molar-refractivity contribution in [3.8, 4) is 5.88 Å². The predicted molar refractivity (Wildman–Crippen MR) is 141 cm³/mol. The van der Waals surface area contributed by atoms with Gasteiger partial charge in [-0.1, -0.05) is 18.2 Å². The molecule has 0 aliphatic carbocycles. The average molecular weight is 565 g/mol. The summed E-state index contributed by atoms with van der Waals surface area (Å²) in [5, 5.41) is 3.51. The fourth-order valence-electron chi connectivity index (χ4n) is 3.19. The molecule has 0 aliphatic rings. The van der Waals surface area contributed by atoms with Crippen LogP contribution in [0.3, 0.4) is 0 Å². The van der Waals surface area contributed by atoms with E-state index in [-0.39, 0.29) is 34.0 Å². The SMILES string of the molecule is Br.Br.COc1nc(N(C)c2ccccc2)nc(NCCN(C(C)C)C(C)C)c1SC. The van der Waals surface area contributed by atoms with Crippen molar-refractivity contribution < 1.29 is 4.74 Å². The third kappa shape index (κ3) is 7.59. The van der Waals surface area contributed by atoms with Crippen LogP contribution in [-0.4, -0.2) is 60.5 Å². The highest BCUT2D eigenvalue weighted by Gasteiger charge is 2.18. The van der Waals surface area contributed by atoms with Gasteiger partial charge in [0.1, 0.15) is 10.7 Å². The molecule has 0 atom stereocenters. The van der Waals surface area contributed by atoms with E-state index >= 15 is 0 Å². The van der Waals surface area contributed by atoms with Crippen molar-refractivity contribution in [3.63, 3.8) is 0 Å². The first-order chi connectivity index (χ1) is 13.4. The Hall–Kier alpha value is -1.03. The first-order valence-electron chi connectivity index (χ1n) is 9.67. The molecular formula is C21H35Br2N5OS. The topological polar surface area (TPSA) is 53.5 Å². The highest BCUT2D eigenvalue weighted by Crippen LogP contribution is 2.35. The lowest BCUT2D eigenvalue weighted by molar-refractivity contribution is 0.182. The first kappa shape index (κ1) is 29.0. The van der Waals surface area contributed by atoms with Crippen molar-refractivity contribution in [3.05, 3.63) is 30.3 Å². The number of thioether (sulfide) groups is 1. The van der Waals surface area contributed by atoms with Gasteiger partial charge in [0.05, 0.1) is 7.11 Å². The molecule has 0 fully saturated rings. The summed E-state index contributed by atoms with van der Waals surface area (Å²) in [6.45, 7) is 10.7. The van der Waals surface area contributed by atoms with Gasteiger partial charge in [0, 0.05) is 37.9 Å². The molecule has 1 aromatic carbocycles. The summed E-state index contributed by atoms with van der Waals surface area (Å²) >= 11 is 1.59. The van der Waals surface area contributed by atoms with Gasteiger partial charge in [-0.05, 0) is 46.1 Å². The largest absolute Gasteiger partial charge is 0.480 e. The Kier molecular flexibility index (Phi) is 13.6. The van der Waals surface area contributed by atoms with Gasteiger partial charge in [-0.2, -0.15) is 9.97 Å². The lowest BCUT2D eigenvalue weighted by Gasteiger charge is -2.30. The third-order valence-corrected chi connectivity index (χ3v) is 5.43. The molecule has 0 radical (unpaired) electrons. The Labute approximate surface area is 206 Å². The predicted octanol–water partition coefficient (Wildman–Crippen LogP) is 5.66. The summed E-state index contributed by atoms with van der Waals surface area (Å²) in [6, 6.07) is 11.1. The molecular weight excluding hydrogens is 530 g/mol. The van der Waals surface area contributed by atoms with Crippen LogP contribution in [0.15, 0.2) is 35.2 Å². The minimum absolute atomic E-state index is 0. The van der Waals surface area contributed by atoms with Crippen LogP contribution in [0.4, 0.5) is 17.5 Å². The van der Waals surface area contributed by atoms with Crippen LogP contribution in [0, 0.1) is 0 Å². The summed E-state index contributed by atoms with van der Waals surface area (Å²) in [5.41, 5.74) is 1.03. The molecule has 9 heteroatoms. The summed E-state index contributed by atoms with van der Waals surface area (Å²) < 4.78 is 5.56. The van der Waals surface area contributed by atoms with E-state index in [2.05, 4.69) is 42.9 Å². The van der Waals surface area contributed by atoms with E-state index in [9.17, 15) is 0 Å². The number of ether oxygens (including phenoxy) is 1. The Morgan fingerprint density at radius 2 is 1.63 bits per heavy atom. The zero-order chi connectivity index (χ0) is 20.7. The van der Waals surface area contributed by atoms with E-state index < -0.39 is 0 Å². The van der Waals surface area contributed by atoms with Gasteiger partial charge in [-0.3, -0.25) is 4.90 Å².